The van der Waals surface area contributed by atoms with Crippen molar-refractivity contribution >= 4 is 5.91 Å². The van der Waals surface area contributed by atoms with E-state index in [0.717, 1.165) is 12.8 Å². The van der Waals surface area contributed by atoms with Crippen LogP contribution >= 0.6 is 0 Å². The molecule has 0 aliphatic heterocycles. The van der Waals surface area contributed by atoms with Crippen LogP contribution in [0.2, 0.25) is 0 Å². The summed E-state index contributed by atoms with van der Waals surface area (Å²) >= 11 is 0. The number of ether oxygens (including phenoxy) is 1. The first kappa shape index (κ1) is 16.6. The van der Waals surface area contributed by atoms with Gasteiger partial charge in [0.25, 0.3) is 0 Å². The Hall–Kier alpha value is -1.47. The summed E-state index contributed by atoms with van der Waals surface area (Å²) in [7, 11) is 5.11. The summed E-state index contributed by atoms with van der Waals surface area (Å²) in [5.41, 5.74) is 0. The van der Waals surface area contributed by atoms with E-state index in [1.54, 1.807) is 26.1 Å². The molecule has 0 fully saturated rings. The third-order valence-corrected chi connectivity index (χ3v) is 2.81. The fraction of sp³-hybridized carbons (Fsp3) is 0.769. The van der Waals surface area contributed by atoms with Crippen LogP contribution in [0.3, 0.4) is 0 Å². The van der Waals surface area contributed by atoms with Crippen LogP contribution in [0.1, 0.15) is 25.1 Å². The number of aryl methyl sites for hydroxylation is 1. The Kier molecular flexibility index (Phi) is 7.17. The van der Waals surface area contributed by atoms with Crippen molar-refractivity contribution in [3.05, 3.63) is 11.7 Å². The molecule has 0 spiro atoms. The van der Waals surface area contributed by atoms with Gasteiger partial charge >= 0.3 is 0 Å². The second-order valence-corrected chi connectivity index (χ2v) is 4.85. The number of carbonyl (C=O) groups excluding carboxylic acids is 1. The van der Waals surface area contributed by atoms with Gasteiger partial charge in [0.2, 0.25) is 11.8 Å². The number of carbonyl (C=O) groups is 1. The minimum atomic E-state index is 0.0365. The van der Waals surface area contributed by atoms with Crippen LogP contribution in [0.4, 0.5) is 0 Å². The highest BCUT2D eigenvalue weighted by Gasteiger charge is 2.16. The van der Waals surface area contributed by atoms with Gasteiger partial charge in [0, 0.05) is 34.2 Å². The van der Waals surface area contributed by atoms with Crippen molar-refractivity contribution in [3.63, 3.8) is 0 Å². The van der Waals surface area contributed by atoms with Gasteiger partial charge in [0.15, 0.2) is 5.82 Å². The summed E-state index contributed by atoms with van der Waals surface area (Å²) in [5, 5.41) is 3.91. The number of aromatic nitrogens is 2. The molecule has 7 nitrogen and oxygen atoms in total. The van der Waals surface area contributed by atoms with Crippen molar-refractivity contribution in [3.8, 4) is 0 Å². The molecule has 114 valence electrons. The molecule has 1 heterocycles. The first-order chi connectivity index (χ1) is 9.56. The smallest absolute Gasteiger partial charge is 0.240 e. The topological polar surface area (TPSA) is 71.7 Å². The highest BCUT2D eigenvalue weighted by Crippen LogP contribution is 2.05. The fourth-order valence-electron chi connectivity index (χ4n) is 1.64. The maximum absolute atomic E-state index is 11.8. The molecule has 20 heavy (non-hydrogen) atoms. The maximum atomic E-state index is 11.8. The maximum Gasteiger partial charge on any atom is 0.240 e. The van der Waals surface area contributed by atoms with Crippen LogP contribution in [-0.2, 0) is 22.5 Å². The van der Waals surface area contributed by atoms with Gasteiger partial charge in [-0.15, -0.1) is 0 Å². The molecule has 0 N–H and O–H groups in total. The molecule has 0 unspecified atom stereocenters. The summed E-state index contributed by atoms with van der Waals surface area (Å²) in [5.74, 6) is 1.29. The van der Waals surface area contributed by atoms with Crippen LogP contribution in [0.15, 0.2) is 4.52 Å². The van der Waals surface area contributed by atoms with Crippen LogP contribution in [0.25, 0.3) is 0 Å². The molecule has 0 atom stereocenters. The van der Waals surface area contributed by atoms with Crippen LogP contribution in [0, 0.1) is 0 Å². The highest BCUT2D eigenvalue weighted by atomic mass is 16.5. The number of hydrogen-bond acceptors (Lipinski definition) is 6. The molecule has 1 rings (SSSR count). The van der Waals surface area contributed by atoms with Crippen LogP contribution < -0.4 is 0 Å². The average molecular weight is 284 g/mol. The second kappa shape index (κ2) is 8.65. The summed E-state index contributed by atoms with van der Waals surface area (Å²) in [4.78, 5) is 19.6. The van der Waals surface area contributed by atoms with Gasteiger partial charge in [-0.2, -0.15) is 4.98 Å². The van der Waals surface area contributed by atoms with Crippen LogP contribution in [0.5, 0.6) is 0 Å². The van der Waals surface area contributed by atoms with E-state index in [1.807, 2.05) is 4.90 Å². The monoisotopic (exact) mass is 284 g/mol. The number of likely N-dealkylation sites (N-methyl/N-ethyl adjacent to an activating group) is 1. The lowest BCUT2D eigenvalue weighted by atomic mass is 10.3. The van der Waals surface area contributed by atoms with E-state index in [-0.39, 0.29) is 5.91 Å². The Labute approximate surface area is 119 Å². The second-order valence-electron chi connectivity index (χ2n) is 4.85. The fourth-order valence-corrected chi connectivity index (χ4v) is 1.64. The molecule has 0 aliphatic rings. The van der Waals surface area contributed by atoms with Gasteiger partial charge in [-0.25, -0.2) is 0 Å². The zero-order valence-corrected chi connectivity index (χ0v) is 12.8. The average Bonchev–Trinajstić information content (AvgIpc) is 2.83. The quantitative estimate of drug-likeness (QED) is 0.660. The van der Waals surface area contributed by atoms with E-state index < -0.39 is 0 Å². The predicted molar refractivity (Wildman–Crippen MR) is 74.1 cm³/mol. The van der Waals surface area contributed by atoms with Gasteiger partial charge in [-0.3, -0.25) is 9.69 Å². The first-order valence-electron chi connectivity index (χ1n) is 6.79. The van der Waals surface area contributed by atoms with Gasteiger partial charge < -0.3 is 14.2 Å². The van der Waals surface area contributed by atoms with Crippen molar-refractivity contribution < 1.29 is 14.1 Å². The van der Waals surface area contributed by atoms with Crippen molar-refractivity contribution in [1.29, 1.82) is 0 Å². The molecule has 0 saturated heterocycles. The van der Waals surface area contributed by atoms with E-state index >= 15 is 0 Å². The van der Waals surface area contributed by atoms with E-state index in [0.29, 0.717) is 38.0 Å². The lowest BCUT2D eigenvalue weighted by molar-refractivity contribution is -0.130. The number of amides is 1. The van der Waals surface area contributed by atoms with Crippen molar-refractivity contribution in [2.75, 3.05) is 40.9 Å². The Morgan fingerprint density at radius 3 is 2.75 bits per heavy atom. The van der Waals surface area contributed by atoms with Gasteiger partial charge in [0.05, 0.1) is 19.7 Å². The van der Waals surface area contributed by atoms with E-state index in [9.17, 15) is 4.79 Å². The minimum absolute atomic E-state index is 0.0365. The molecule has 0 aliphatic carbocycles. The highest BCUT2D eigenvalue weighted by molar-refractivity contribution is 5.77. The third-order valence-electron chi connectivity index (χ3n) is 2.81. The minimum Gasteiger partial charge on any atom is -0.383 e. The van der Waals surface area contributed by atoms with E-state index in [2.05, 4.69) is 17.1 Å². The number of nitrogens with zero attached hydrogens (tertiary/aromatic N) is 4. The lowest BCUT2D eigenvalue weighted by Gasteiger charge is -2.21. The first-order valence-corrected chi connectivity index (χ1v) is 6.79. The molecular formula is C13H24N4O3. The summed E-state index contributed by atoms with van der Waals surface area (Å²) < 4.78 is 10.3. The Balaban J connectivity index is 2.60. The molecule has 1 aromatic rings. The summed E-state index contributed by atoms with van der Waals surface area (Å²) in [6.45, 7) is 4.02. The Morgan fingerprint density at radius 1 is 1.40 bits per heavy atom. The molecule has 1 amide bonds. The number of methoxy groups -OCH3 is 1. The molecule has 1 aromatic heterocycles. The molecule has 0 aromatic carbocycles. The molecule has 7 heteroatoms. The van der Waals surface area contributed by atoms with E-state index in [4.69, 9.17) is 9.26 Å². The molecule has 0 saturated carbocycles. The Bertz CT molecular complexity index is 406. The van der Waals surface area contributed by atoms with Gasteiger partial charge in [0.1, 0.15) is 0 Å². The third kappa shape index (κ3) is 5.66. The van der Waals surface area contributed by atoms with Crippen molar-refractivity contribution in [2.24, 2.45) is 0 Å². The Morgan fingerprint density at radius 2 is 2.15 bits per heavy atom. The standard InChI is InChI=1S/C13H24N4O3/c1-5-6-11-14-12(20-15-11)9-17(7-8-19-4)10-13(18)16(2)3/h5-10H2,1-4H3. The summed E-state index contributed by atoms with van der Waals surface area (Å²) in [6, 6.07) is 0. The van der Waals surface area contributed by atoms with Gasteiger partial charge in [-0.05, 0) is 6.42 Å². The summed E-state index contributed by atoms with van der Waals surface area (Å²) in [6.07, 6.45) is 1.78. The zero-order chi connectivity index (χ0) is 15.0. The van der Waals surface area contributed by atoms with Crippen molar-refractivity contribution in [2.45, 2.75) is 26.3 Å². The lowest BCUT2D eigenvalue weighted by Crippen LogP contribution is -2.38. The number of rotatable bonds is 9. The van der Waals surface area contributed by atoms with Gasteiger partial charge in [-0.1, -0.05) is 12.1 Å². The zero-order valence-electron chi connectivity index (χ0n) is 12.8. The predicted octanol–water partition coefficient (Wildman–Crippen LogP) is 0.559. The van der Waals surface area contributed by atoms with Crippen LogP contribution in [-0.4, -0.2) is 66.7 Å². The van der Waals surface area contributed by atoms with Crippen molar-refractivity contribution in [1.82, 2.24) is 19.9 Å². The van der Waals surface area contributed by atoms with E-state index in [1.165, 1.54) is 0 Å². The SMILES string of the molecule is CCCc1noc(CN(CCOC)CC(=O)N(C)C)n1. The number of hydrogen-bond donors (Lipinski definition) is 0. The molecule has 0 radical (unpaired) electrons. The normalized spacial score (nSPS) is 11.1. The molecule has 0 bridgehead atoms. The molecular weight excluding hydrogens is 260 g/mol. The largest absolute Gasteiger partial charge is 0.383 e.